The summed E-state index contributed by atoms with van der Waals surface area (Å²) in [5.41, 5.74) is 1.07. The fraction of sp³-hybridized carbons (Fsp3) is 0.222. The first-order chi connectivity index (χ1) is 10.8. The number of nitrogens with zero attached hydrogens (tertiary/aromatic N) is 1. The van der Waals surface area contributed by atoms with Crippen molar-refractivity contribution in [3.05, 3.63) is 65.7 Å². The molecule has 22 heavy (non-hydrogen) atoms. The Bertz CT molecular complexity index is 649. The Labute approximate surface area is 134 Å². The Morgan fingerprint density at radius 1 is 0.773 bits per heavy atom. The minimum Gasteiger partial charge on any atom is -0.274 e. The summed E-state index contributed by atoms with van der Waals surface area (Å²) in [6.07, 6.45) is 1.82. The van der Waals surface area contributed by atoms with Crippen LogP contribution in [0.25, 0.3) is 0 Å². The topological polar surface area (TPSA) is 37.4 Å². The lowest BCUT2D eigenvalue weighted by molar-refractivity contribution is 0.0652. The van der Waals surface area contributed by atoms with Crippen molar-refractivity contribution in [2.24, 2.45) is 0 Å². The zero-order chi connectivity index (χ0) is 15.4. The number of unbranched alkanes of at least 4 members (excludes halogenated alkanes) is 1. The van der Waals surface area contributed by atoms with E-state index in [1.54, 1.807) is 36.0 Å². The molecule has 0 fully saturated rings. The van der Waals surface area contributed by atoms with E-state index in [1.165, 1.54) is 9.80 Å². The van der Waals surface area contributed by atoms with E-state index in [2.05, 4.69) is 12.1 Å². The highest BCUT2D eigenvalue weighted by Gasteiger charge is 2.34. The summed E-state index contributed by atoms with van der Waals surface area (Å²) in [5.74, 6) is 0.681. The van der Waals surface area contributed by atoms with Crippen LogP contribution in [-0.4, -0.2) is 29.0 Å². The average molecular weight is 311 g/mol. The van der Waals surface area contributed by atoms with Crippen LogP contribution in [-0.2, 0) is 0 Å². The van der Waals surface area contributed by atoms with E-state index in [0.717, 1.165) is 18.6 Å². The summed E-state index contributed by atoms with van der Waals surface area (Å²) in [5, 5.41) is 0. The molecule has 0 bridgehead atoms. The lowest BCUT2D eigenvalue weighted by Gasteiger charge is -2.13. The molecule has 4 heteroatoms. The van der Waals surface area contributed by atoms with Gasteiger partial charge < -0.3 is 0 Å². The van der Waals surface area contributed by atoms with E-state index in [-0.39, 0.29) is 11.8 Å². The van der Waals surface area contributed by atoms with Crippen LogP contribution in [0.4, 0.5) is 0 Å². The maximum Gasteiger partial charge on any atom is 0.261 e. The quantitative estimate of drug-likeness (QED) is 0.462. The van der Waals surface area contributed by atoms with Crippen LogP contribution in [0.5, 0.6) is 0 Å². The van der Waals surface area contributed by atoms with E-state index >= 15 is 0 Å². The number of carbonyl (C=O) groups excluding carboxylic acids is 2. The summed E-state index contributed by atoms with van der Waals surface area (Å²) in [7, 11) is 0. The Balaban J connectivity index is 1.47. The van der Waals surface area contributed by atoms with Gasteiger partial charge in [0.25, 0.3) is 11.8 Å². The van der Waals surface area contributed by atoms with Crippen LogP contribution in [0.3, 0.4) is 0 Å². The molecule has 1 aliphatic heterocycles. The van der Waals surface area contributed by atoms with Crippen molar-refractivity contribution in [3.8, 4) is 0 Å². The molecule has 1 aliphatic rings. The van der Waals surface area contributed by atoms with Crippen molar-refractivity contribution in [2.75, 3.05) is 12.3 Å². The number of hydrogen-bond acceptors (Lipinski definition) is 3. The second-order valence-corrected chi connectivity index (χ2v) is 6.34. The third-order valence-corrected chi connectivity index (χ3v) is 4.76. The Morgan fingerprint density at radius 2 is 1.36 bits per heavy atom. The molecule has 2 aromatic carbocycles. The molecule has 3 nitrogen and oxygen atoms in total. The van der Waals surface area contributed by atoms with Gasteiger partial charge in [0.05, 0.1) is 11.1 Å². The van der Waals surface area contributed by atoms with Gasteiger partial charge in [0.1, 0.15) is 0 Å². The molecule has 0 unspecified atom stereocenters. The van der Waals surface area contributed by atoms with Gasteiger partial charge in [0.2, 0.25) is 0 Å². The predicted molar refractivity (Wildman–Crippen MR) is 88.2 cm³/mol. The summed E-state index contributed by atoms with van der Waals surface area (Å²) in [6.45, 7) is 0.502. The maximum atomic E-state index is 12.2. The van der Waals surface area contributed by atoms with Gasteiger partial charge in [0.15, 0.2) is 0 Å². The molecule has 0 saturated carbocycles. The number of fused-ring (bicyclic) bond motifs is 1. The van der Waals surface area contributed by atoms with Gasteiger partial charge in [-0.2, -0.15) is 0 Å². The van der Waals surface area contributed by atoms with E-state index < -0.39 is 0 Å². The highest BCUT2D eigenvalue weighted by atomic mass is 32.2. The second-order valence-electron chi connectivity index (χ2n) is 5.18. The van der Waals surface area contributed by atoms with Gasteiger partial charge in [-0.05, 0) is 42.9 Å². The molecule has 0 aromatic heterocycles. The van der Waals surface area contributed by atoms with Gasteiger partial charge in [-0.25, -0.2) is 0 Å². The molecule has 1 heterocycles. The minimum absolute atomic E-state index is 0.156. The molecule has 0 radical (unpaired) electrons. The summed E-state index contributed by atoms with van der Waals surface area (Å²) < 4.78 is 0. The van der Waals surface area contributed by atoms with Crippen molar-refractivity contribution in [1.29, 1.82) is 0 Å². The lowest BCUT2D eigenvalue weighted by Crippen LogP contribution is -2.30. The highest BCUT2D eigenvalue weighted by molar-refractivity contribution is 7.99. The fourth-order valence-electron chi connectivity index (χ4n) is 2.52. The van der Waals surface area contributed by atoms with Crippen LogP contribution in [0.15, 0.2) is 59.5 Å². The monoisotopic (exact) mass is 311 g/mol. The number of hydrogen-bond donors (Lipinski definition) is 0. The maximum absolute atomic E-state index is 12.2. The molecule has 3 rings (SSSR count). The fourth-order valence-corrected chi connectivity index (χ4v) is 3.45. The molecule has 0 saturated heterocycles. The van der Waals surface area contributed by atoms with Crippen LogP contribution < -0.4 is 0 Å². The van der Waals surface area contributed by atoms with Crippen LogP contribution in [0.1, 0.15) is 33.6 Å². The standard InChI is InChI=1S/C18H17NO2S/c20-17-15-10-4-5-11-16(15)18(21)19(17)12-6-7-13-22-14-8-2-1-3-9-14/h1-5,8-11H,6-7,12-13H2. The molecule has 0 aliphatic carbocycles. The van der Waals surface area contributed by atoms with Gasteiger partial charge in [-0.3, -0.25) is 14.5 Å². The van der Waals surface area contributed by atoms with Gasteiger partial charge in [-0.15, -0.1) is 11.8 Å². The van der Waals surface area contributed by atoms with Crippen LogP contribution in [0, 0.1) is 0 Å². The highest BCUT2D eigenvalue weighted by Crippen LogP contribution is 2.23. The van der Waals surface area contributed by atoms with E-state index in [9.17, 15) is 9.59 Å². The molecule has 0 N–H and O–H groups in total. The second kappa shape index (κ2) is 6.79. The molecule has 112 valence electrons. The Kier molecular flexibility index (Phi) is 4.59. The molecule has 0 spiro atoms. The number of imide groups is 1. The number of thioether (sulfide) groups is 1. The molecular formula is C18H17NO2S. The van der Waals surface area contributed by atoms with E-state index in [0.29, 0.717) is 17.7 Å². The molecular weight excluding hydrogens is 294 g/mol. The van der Waals surface area contributed by atoms with Crippen LogP contribution in [0.2, 0.25) is 0 Å². The summed E-state index contributed by atoms with van der Waals surface area (Å²) in [4.78, 5) is 27.0. The third-order valence-electron chi connectivity index (χ3n) is 3.67. The first-order valence-electron chi connectivity index (χ1n) is 7.40. The number of amides is 2. The third kappa shape index (κ3) is 3.07. The number of carbonyl (C=O) groups is 2. The van der Waals surface area contributed by atoms with Gasteiger partial charge in [-0.1, -0.05) is 30.3 Å². The Hall–Kier alpha value is -2.07. The van der Waals surface area contributed by atoms with Crippen LogP contribution >= 0.6 is 11.8 Å². The smallest absolute Gasteiger partial charge is 0.261 e. The first kappa shape index (κ1) is 14.9. The molecule has 0 atom stereocenters. The summed E-state index contributed by atoms with van der Waals surface area (Å²) >= 11 is 1.80. The lowest BCUT2D eigenvalue weighted by atomic mass is 10.1. The largest absolute Gasteiger partial charge is 0.274 e. The average Bonchev–Trinajstić information content (AvgIpc) is 2.81. The van der Waals surface area contributed by atoms with Gasteiger partial charge >= 0.3 is 0 Å². The molecule has 2 aromatic rings. The van der Waals surface area contributed by atoms with Crippen molar-refractivity contribution >= 4 is 23.6 Å². The van der Waals surface area contributed by atoms with Crippen molar-refractivity contribution in [1.82, 2.24) is 4.90 Å². The van der Waals surface area contributed by atoms with Crippen molar-refractivity contribution < 1.29 is 9.59 Å². The minimum atomic E-state index is -0.156. The van der Waals surface area contributed by atoms with E-state index in [4.69, 9.17) is 0 Å². The molecule has 2 amide bonds. The number of benzene rings is 2. The van der Waals surface area contributed by atoms with E-state index in [1.807, 2.05) is 18.2 Å². The van der Waals surface area contributed by atoms with Crippen molar-refractivity contribution in [3.63, 3.8) is 0 Å². The van der Waals surface area contributed by atoms with Gasteiger partial charge in [0, 0.05) is 11.4 Å². The normalized spacial score (nSPS) is 13.5. The summed E-state index contributed by atoms with van der Waals surface area (Å²) in [6, 6.07) is 17.3. The van der Waals surface area contributed by atoms with Crippen molar-refractivity contribution in [2.45, 2.75) is 17.7 Å². The number of rotatable bonds is 6. The zero-order valence-electron chi connectivity index (χ0n) is 12.2. The Morgan fingerprint density at radius 3 is 2.00 bits per heavy atom. The SMILES string of the molecule is O=C1c2ccccc2C(=O)N1CCCCSc1ccccc1. The first-order valence-corrected chi connectivity index (χ1v) is 8.39. The predicted octanol–water partition coefficient (Wildman–Crippen LogP) is 3.86. The zero-order valence-corrected chi connectivity index (χ0v) is 13.0.